The van der Waals surface area contributed by atoms with E-state index in [1.165, 1.54) is 11.8 Å². The molecule has 1 amide bonds. The van der Waals surface area contributed by atoms with E-state index in [0.29, 0.717) is 12.0 Å². The summed E-state index contributed by atoms with van der Waals surface area (Å²) in [7, 11) is 1.57. The number of nitrogens with zero attached hydrogens (tertiary/aromatic N) is 1. The van der Waals surface area contributed by atoms with Crippen LogP contribution in [0.1, 0.15) is 12.5 Å². The van der Waals surface area contributed by atoms with E-state index in [9.17, 15) is 9.59 Å². The highest BCUT2D eigenvalue weighted by atomic mass is 16.2. The van der Waals surface area contributed by atoms with Gasteiger partial charge in [0.05, 0.1) is 5.70 Å². The number of carbonyl (C=O) groups is 2. The fourth-order valence-corrected chi connectivity index (χ4v) is 1.11. The summed E-state index contributed by atoms with van der Waals surface area (Å²) < 4.78 is 0. The van der Waals surface area contributed by atoms with Gasteiger partial charge in [-0.15, -0.1) is 0 Å². The molecule has 78 valence electrons. The van der Waals surface area contributed by atoms with Crippen LogP contribution in [-0.4, -0.2) is 24.1 Å². The summed E-state index contributed by atoms with van der Waals surface area (Å²) in [4.78, 5) is 23.2. The van der Waals surface area contributed by atoms with E-state index in [-0.39, 0.29) is 5.91 Å². The van der Waals surface area contributed by atoms with Crippen molar-refractivity contribution in [2.45, 2.75) is 6.92 Å². The molecule has 0 radical (unpaired) electrons. The average molecular weight is 203 g/mol. The zero-order valence-electron chi connectivity index (χ0n) is 8.81. The lowest BCUT2D eigenvalue weighted by Gasteiger charge is -2.13. The topological polar surface area (TPSA) is 37.4 Å². The smallest absolute Gasteiger partial charge is 0.223 e. The van der Waals surface area contributed by atoms with Crippen LogP contribution >= 0.6 is 0 Å². The van der Waals surface area contributed by atoms with Crippen LogP contribution in [0.4, 0.5) is 0 Å². The summed E-state index contributed by atoms with van der Waals surface area (Å²) >= 11 is 0. The van der Waals surface area contributed by atoms with E-state index in [0.717, 1.165) is 5.56 Å². The summed E-state index contributed by atoms with van der Waals surface area (Å²) in [5, 5.41) is 0. The molecule has 1 aromatic rings. The zero-order chi connectivity index (χ0) is 11.3. The first-order chi connectivity index (χ1) is 7.15. The van der Waals surface area contributed by atoms with Crippen LogP contribution in [0.2, 0.25) is 0 Å². The quantitative estimate of drug-likeness (QED) is 0.554. The molecule has 0 aliphatic rings. The fraction of sp³-hybridized carbons (Fsp3) is 0.167. The maximum atomic E-state index is 11.1. The van der Waals surface area contributed by atoms with E-state index in [2.05, 4.69) is 0 Å². The number of rotatable bonds is 3. The minimum Gasteiger partial charge on any atom is -0.313 e. The number of allylic oxidation sites excluding steroid dienone is 1. The monoisotopic (exact) mass is 203 g/mol. The standard InChI is InChI=1S/C12H13NO2/c1-10(15)13(2)12(9-14)8-11-6-4-3-5-7-11/h3-9H,1-2H3. The Labute approximate surface area is 89.0 Å². The van der Waals surface area contributed by atoms with E-state index >= 15 is 0 Å². The van der Waals surface area contributed by atoms with E-state index < -0.39 is 0 Å². The van der Waals surface area contributed by atoms with Crippen molar-refractivity contribution >= 4 is 18.3 Å². The number of aldehydes is 1. The highest BCUT2D eigenvalue weighted by Gasteiger charge is 2.07. The first kappa shape index (κ1) is 11.2. The third-order valence-corrected chi connectivity index (χ3v) is 2.09. The highest BCUT2D eigenvalue weighted by molar-refractivity contribution is 5.88. The molecule has 0 spiro atoms. The SMILES string of the molecule is CC(=O)N(C)C(C=O)=Cc1ccccc1. The molecule has 0 aliphatic carbocycles. The van der Waals surface area contributed by atoms with Crippen LogP contribution in [0, 0.1) is 0 Å². The van der Waals surface area contributed by atoms with Crippen LogP contribution in [0.3, 0.4) is 0 Å². The van der Waals surface area contributed by atoms with Gasteiger partial charge in [-0.05, 0) is 11.6 Å². The van der Waals surface area contributed by atoms with Gasteiger partial charge in [-0.2, -0.15) is 0 Å². The number of benzene rings is 1. The molecule has 1 aromatic carbocycles. The number of amides is 1. The van der Waals surface area contributed by atoms with Gasteiger partial charge in [0.2, 0.25) is 5.91 Å². The second-order valence-electron chi connectivity index (χ2n) is 3.18. The Kier molecular flexibility index (Phi) is 3.80. The van der Waals surface area contributed by atoms with Gasteiger partial charge in [0, 0.05) is 14.0 Å². The van der Waals surface area contributed by atoms with Gasteiger partial charge in [0.15, 0.2) is 6.29 Å². The number of likely N-dealkylation sites (N-methyl/N-ethyl adjacent to an activating group) is 1. The Bertz CT molecular complexity index is 382. The molecule has 3 heteroatoms. The second kappa shape index (κ2) is 5.10. The van der Waals surface area contributed by atoms with Gasteiger partial charge >= 0.3 is 0 Å². The third kappa shape index (κ3) is 3.06. The molecule has 3 nitrogen and oxygen atoms in total. The molecule has 0 bridgehead atoms. The van der Waals surface area contributed by atoms with Gasteiger partial charge in [-0.1, -0.05) is 30.3 Å². The maximum absolute atomic E-state index is 11.1. The Balaban J connectivity index is 2.97. The Hall–Kier alpha value is -1.90. The molecule has 0 saturated carbocycles. The van der Waals surface area contributed by atoms with Gasteiger partial charge in [0.25, 0.3) is 0 Å². The minimum absolute atomic E-state index is 0.163. The van der Waals surface area contributed by atoms with E-state index in [4.69, 9.17) is 0 Å². The van der Waals surface area contributed by atoms with Crippen molar-refractivity contribution in [1.29, 1.82) is 0 Å². The van der Waals surface area contributed by atoms with Crippen LogP contribution in [0.25, 0.3) is 6.08 Å². The molecule has 1 rings (SSSR count). The van der Waals surface area contributed by atoms with Crippen LogP contribution < -0.4 is 0 Å². The largest absolute Gasteiger partial charge is 0.313 e. The molecule has 15 heavy (non-hydrogen) atoms. The van der Waals surface area contributed by atoms with E-state index in [1.807, 2.05) is 30.3 Å². The minimum atomic E-state index is -0.163. The summed E-state index contributed by atoms with van der Waals surface area (Å²) in [5.74, 6) is -0.163. The Morgan fingerprint density at radius 2 is 1.87 bits per heavy atom. The molecular formula is C12H13NO2. The lowest BCUT2D eigenvalue weighted by atomic mass is 10.2. The molecule has 0 heterocycles. The van der Waals surface area contributed by atoms with Gasteiger partial charge in [-0.25, -0.2) is 0 Å². The van der Waals surface area contributed by atoms with Crippen molar-refractivity contribution in [3.8, 4) is 0 Å². The second-order valence-corrected chi connectivity index (χ2v) is 3.18. The zero-order valence-corrected chi connectivity index (χ0v) is 8.81. The first-order valence-corrected chi connectivity index (χ1v) is 4.61. The summed E-state index contributed by atoms with van der Waals surface area (Å²) in [5.41, 5.74) is 1.25. The normalized spacial score (nSPS) is 10.9. The Morgan fingerprint density at radius 3 is 2.33 bits per heavy atom. The molecule has 0 saturated heterocycles. The van der Waals surface area contributed by atoms with Crippen LogP contribution in [0.15, 0.2) is 36.0 Å². The number of carbonyl (C=O) groups excluding carboxylic acids is 2. The molecule has 0 fully saturated rings. The van der Waals surface area contributed by atoms with Crippen molar-refractivity contribution < 1.29 is 9.59 Å². The number of hydrogen-bond donors (Lipinski definition) is 0. The summed E-state index contributed by atoms with van der Waals surface area (Å²) in [6.07, 6.45) is 2.35. The molecule has 0 aromatic heterocycles. The number of hydrogen-bond acceptors (Lipinski definition) is 2. The van der Waals surface area contributed by atoms with E-state index in [1.54, 1.807) is 13.1 Å². The van der Waals surface area contributed by atoms with Gasteiger partial charge in [-0.3, -0.25) is 9.59 Å². The van der Waals surface area contributed by atoms with Crippen LogP contribution in [0.5, 0.6) is 0 Å². The molecule has 0 atom stereocenters. The molecule has 0 unspecified atom stereocenters. The van der Waals surface area contributed by atoms with Gasteiger partial charge < -0.3 is 4.90 Å². The lowest BCUT2D eigenvalue weighted by molar-refractivity contribution is -0.127. The maximum Gasteiger partial charge on any atom is 0.223 e. The first-order valence-electron chi connectivity index (χ1n) is 4.61. The predicted octanol–water partition coefficient (Wildman–Crippen LogP) is 1.70. The highest BCUT2D eigenvalue weighted by Crippen LogP contribution is 2.07. The fourth-order valence-electron chi connectivity index (χ4n) is 1.11. The summed E-state index contributed by atoms with van der Waals surface area (Å²) in [6.45, 7) is 1.42. The lowest BCUT2D eigenvalue weighted by Crippen LogP contribution is -2.23. The summed E-state index contributed by atoms with van der Waals surface area (Å²) in [6, 6.07) is 9.39. The van der Waals surface area contributed by atoms with Crippen molar-refractivity contribution in [1.82, 2.24) is 4.90 Å². The molecule has 0 aliphatic heterocycles. The molecular weight excluding hydrogens is 190 g/mol. The predicted molar refractivity (Wildman–Crippen MR) is 58.9 cm³/mol. The van der Waals surface area contributed by atoms with Crippen molar-refractivity contribution in [2.24, 2.45) is 0 Å². The van der Waals surface area contributed by atoms with Crippen molar-refractivity contribution in [3.05, 3.63) is 41.6 Å². The third-order valence-electron chi connectivity index (χ3n) is 2.09. The average Bonchev–Trinajstić information content (AvgIpc) is 2.26. The molecule has 0 N–H and O–H groups in total. The Morgan fingerprint density at radius 1 is 1.27 bits per heavy atom. The van der Waals surface area contributed by atoms with Gasteiger partial charge in [0.1, 0.15) is 0 Å². The van der Waals surface area contributed by atoms with Crippen molar-refractivity contribution in [2.75, 3.05) is 7.05 Å². The van der Waals surface area contributed by atoms with Crippen molar-refractivity contribution in [3.63, 3.8) is 0 Å². The van der Waals surface area contributed by atoms with Crippen LogP contribution in [-0.2, 0) is 9.59 Å².